The van der Waals surface area contributed by atoms with Gasteiger partial charge in [0.05, 0.1) is 24.9 Å². The molecule has 7 nitrogen and oxygen atoms in total. The van der Waals surface area contributed by atoms with Crippen LogP contribution >= 0.6 is 11.3 Å². The van der Waals surface area contributed by atoms with Crippen molar-refractivity contribution < 1.29 is 13.2 Å². The minimum atomic E-state index is -4.53. The summed E-state index contributed by atoms with van der Waals surface area (Å²) in [5, 5.41) is 2.58. The van der Waals surface area contributed by atoms with Gasteiger partial charge in [0.25, 0.3) is 0 Å². The standard InChI is InChI=1S/C15H12F3N7S/c16-15(17,18)11-5-10-9(6-22-11)23-12(25(10)8-19)7-24-3-1-20-13(24)14-21-2-4-26-14/h1-6H,7-8,19H2. The van der Waals surface area contributed by atoms with E-state index in [9.17, 15) is 13.2 Å². The van der Waals surface area contributed by atoms with Crippen LogP contribution in [0, 0.1) is 0 Å². The average Bonchev–Trinajstić information content (AvgIpc) is 3.32. The third-order valence-corrected chi connectivity index (χ3v) is 4.61. The third-order valence-electron chi connectivity index (χ3n) is 3.84. The van der Waals surface area contributed by atoms with Crippen LogP contribution in [0.3, 0.4) is 0 Å². The number of nitrogens with two attached hydrogens (primary N) is 1. The van der Waals surface area contributed by atoms with Crippen molar-refractivity contribution >= 4 is 22.4 Å². The molecule has 0 saturated heterocycles. The lowest BCUT2D eigenvalue weighted by Gasteiger charge is -2.09. The Morgan fingerprint density at radius 3 is 2.69 bits per heavy atom. The summed E-state index contributed by atoms with van der Waals surface area (Å²) in [7, 11) is 0. The highest BCUT2D eigenvalue weighted by atomic mass is 32.1. The van der Waals surface area contributed by atoms with Crippen LogP contribution < -0.4 is 5.73 Å². The van der Waals surface area contributed by atoms with Gasteiger partial charge in [0, 0.05) is 24.0 Å². The van der Waals surface area contributed by atoms with Gasteiger partial charge in [0.15, 0.2) is 10.8 Å². The number of fused-ring (bicyclic) bond motifs is 1. The zero-order valence-electron chi connectivity index (χ0n) is 13.2. The Labute approximate surface area is 149 Å². The lowest BCUT2D eigenvalue weighted by molar-refractivity contribution is -0.141. The first-order chi connectivity index (χ1) is 12.5. The van der Waals surface area contributed by atoms with Crippen molar-refractivity contribution in [2.75, 3.05) is 0 Å². The van der Waals surface area contributed by atoms with Gasteiger partial charge in [-0.15, -0.1) is 11.3 Å². The molecule has 4 rings (SSSR count). The zero-order chi connectivity index (χ0) is 18.3. The van der Waals surface area contributed by atoms with Crippen molar-refractivity contribution in [2.45, 2.75) is 19.4 Å². The fourth-order valence-corrected chi connectivity index (χ4v) is 3.33. The molecule has 0 radical (unpaired) electrons. The summed E-state index contributed by atoms with van der Waals surface area (Å²) in [6.07, 6.45) is 1.66. The molecule has 4 heterocycles. The molecular formula is C15H12F3N7S. The topological polar surface area (TPSA) is 87.4 Å². The summed E-state index contributed by atoms with van der Waals surface area (Å²) in [4.78, 5) is 16.4. The van der Waals surface area contributed by atoms with Crippen LogP contribution in [-0.4, -0.2) is 29.1 Å². The maximum atomic E-state index is 12.9. The van der Waals surface area contributed by atoms with Gasteiger partial charge >= 0.3 is 6.18 Å². The smallest absolute Gasteiger partial charge is 0.321 e. The molecule has 0 bridgehead atoms. The van der Waals surface area contributed by atoms with E-state index in [-0.39, 0.29) is 6.67 Å². The minimum Gasteiger partial charge on any atom is -0.321 e. The molecule has 4 aromatic heterocycles. The van der Waals surface area contributed by atoms with E-state index in [1.807, 2.05) is 9.95 Å². The molecule has 0 unspecified atom stereocenters. The van der Waals surface area contributed by atoms with Gasteiger partial charge in [-0.25, -0.2) is 19.9 Å². The van der Waals surface area contributed by atoms with Crippen LogP contribution in [0.2, 0.25) is 0 Å². The first-order valence-electron chi connectivity index (χ1n) is 7.51. The van der Waals surface area contributed by atoms with Crippen molar-refractivity contribution in [3.05, 3.63) is 47.8 Å². The molecule has 2 N–H and O–H groups in total. The lowest BCUT2D eigenvalue weighted by atomic mass is 10.3. The number of hydrogen-bond donors (Lipinski definition) is 1. The van der Waals surface area contributed by atoms with Gasteiger partial charge < -0.3 is 14.9 Å². The Hall–Kier alpha value is -2.79. The summed E-state index contributed by atoms with van der Waals surface area (Å²) in [5.41, 5.74) is 5.44. The van der Waals surface area contributed by atoms with E-state index in [4.69, 9.17) is 5.73 Å². The van der Waals surface area contributed by atoms with Gasteiger partial charge in [-0.3, -0.25) is 0 Å². The quantitative estimate of drug-likeness (QED) is 0.589. The van der Waals surface area contributed by atoms with Gasteiger partial charge in [-0.1, -0.05) is 0 Å². The van der Waals surface area contributed by atoms with Gasteiger partial charge in [-0.05, 0) is 6.07 Å². The normalized spacial score (nSPS) is 12.2. The number of imidazole rings is 2. The van der Waals surface area contributed by atoms with E-state index in [2.05, 4.69) is 19.9 Å². The molecule has 0 aliphatic heterocycles. The molecule has 0 aromatic carbocycles. The SMILES string of the molecule is NCn1c(Cn2ccnc2-c2nccs2)nc2cnc(C(F)(F)F)cc21. The molecule has 26 heavy (non-hydrogen) atoms. The maximum absolute atomic E-state index is 12.9. The van der Waals surface area contributed by atoms with Crippen molar-refractivity contribution in [3.8, 4) is 10.8 Å². The van der Waals surface area contributed by atoms with Gasteiger partial charge in [0.1, 0.15) is 17.0 Å². The van der Waals surface area contributed by atoms with Crippen LogP contribution in [0.25, 0.3) is 21.9 Å². The van der Waals surface area contributed by atoms with E-state index < -0.39 is 11.9 Å². The highest BCUT2D eigenvalue weighted by molar-refractivity contribution is 7.13. The second-order valence-electron chi connectivity index (χ2n) is 5.41. The van der Waals surface area contributed by atoms with E-state index in [1.165, 1.54) is 15.9 Å². The number of aromatic nitrogens is 6. The summed E-state index contributed by atoms with van der Waals surface area (Å²) < 4.78 is 42.2. The van der Waals surface area contributed by atoms with Gasteiger partial charge in [-0.2, -0.15) is 13.2 Å². The van der Waals surface area contributed by atoms with Crippen molar-refractivity contribution in [2.24, 2.45) is 5.73 Å². The van der Waals surface area contributed by atoms with E-state index in [1.54, 1.807) is 18.6 Å². The van der Waals surface area contributed by atoms with Crippen LogP contribution in [0.4, 0.5) is 13.2 Å². The summed E-state index contributed by atoms with van der Waals surface area (Å²) >= 11 is 1.44. The summed E-state index contributed by atoms with van der Waals surface area (Å²) in [6.45, 7) is 0.288. The second kappa shape index (κ2) is 6.18. The maximum Gasteiger partial charge on any atom is 0.433 e. The first-order valence-corrected chi connectivity index (χ1v) is 8.39. The Morgan fingerprint density at radius 1 is 1.15 bits per heavy atom. The molecule has 0 amide bonds. The molecular weight excluding hydrogens is 367 g/mol. The number of alkyl halides is 3. The summed E-state index contributed by atoms with van der Waals surface area (Å²) in [5.74, 6) is 1.17. The van der Waals surface area contributed by atoms with Crippen LogP contribution in [0.15, 0.2) is 36.2 Å². The predicted octanol–water partition coefficient (Wildman–Crippen LogP) is 2.73. The molecule has 0 aliphatic carbocycles. The Balaban J connectivity index is 1.77. The van der Waals surface area contributed by atoms with Gasteiger partial charge in [0.2, 0.25) is 0 Å². The zero-order valence-corrected chi connectivity index (χ0v) is 14.0. The van der Waals surface area contributed by atoms with Crippen molar-refractivity contribution in [3.63, 3.8) is 0 Å². The van der Waals surface area contributed by atoms with Crippen molar-refractivity contribution in [1.29, 1.82) is 0 Å². The van der Waals surface area contributed by atoms with Crippen molar-refractivity contribution in [1.82, 2.24) is 29.1 Å². The lowest BCUT2D eigenvalue weighted by Crippen LogP contribution is -2.14. The molecule has 4 aromatic rings. The minimum absolute atomic E-state index is 0.00553. The number of nitrogens with zero attached hydrogens (tertiary/aromatic N) is 6. The first kappa shape index (κ1) is 16.7. The van der Waals surface area contributed by atoms with Crippen LogP contribution in [0.5, 0.6) is 0 Å². The fraction of sp³-hybridized carbons (Fsp3) is 0.200. The Kier molecular flexibility index (Phi) is 3.96. The third kappa shape index (κ3) is 2.84. The molecule has 0 saturated carbocycles. The molecule has 0 aliphatic rings. The number of hydrogen-bond acceptors (Lipinski definition) is 6. The monoisotopic (exact) mass is 379 g/mol. The second-order valence-corrected chi connectivity index (χ2v) is 6.31. The highest BCUT2D eigenvalue weighted by Crippen LogP contribution is 2.30. The molecule has 0 atom stereocenters. The van der Waals surface area contributed by atoms with E-state index in [0.29, 0.717) is 29.2 Å². The fourth-order valence-electron chi connectivity index (χ4n) is 2.68. The molecule has 0 spiro atoms. The average molecular weight is 379 g/mol. The summed E-state index contributed by atoms with van der Waals surface area (Å²) in [6, 6.07) is 0.967. The molecule has 11 heteroatoms. The van der Waals surface area contributed by atoms with E-state index in [0.717, 1.165) is 17.3 Å². The van der Waals surface area contributed by atoms with Crippen LogP contribution in [0.1, 0.15) is 11.5 Å². The van der Waals surface area contributed by atoms with Crippen LogP contribution in [-0.2, 0) is 19.4 Å². The number of thiazole rings is 1. The number of pyridine rings is 1. The Morgan fingerprint density at radius 2 is 2.00 bits per heavy atom. The molecule has 134 valence electrons. The van der Waals surface area contributed by atoms with E-state index >= 15 is 0 Å². The molecule has 0 fully saturated rings. The number of halogens is 3. The largest absolute Gasteiger partial charge is 0.433 e. The highest BCUT2D eigenvalue weighted by Gasteiger charge is 2.33. The Bertz CT molecular complexity index is 1050. The number of rotatable bonds is 4. The predicted molar refractivity (Wildman–Crippen MR) is 89.2 cm³/mol.